The molecule has 0 saturated carbocycles. The molecular weight excluding hydrogens is 467 g/mol. The molecule has 1 aliphatic rings. The van der Waals surface area contributed by atoms with Gasteiger partial charge in [0.25, 0.3) is 0 Å². The fourth-order valence-corrected chi connectivity index (χ4v) is 5.91. The lowest BCUT2D eigenvalue weighted by atomic mass is 9.97. The van der Waals surface area contributed by atoms with E-state index in [1.54, 1.807) is 18.2 Å². The quantitative estimate of drug-likeness (QED) is 0.620. The summed E-state index contributed by atoms with van der Waals surface area (Å²) in [6.07, 6.45) is 1.69. The predicted molar refractivity (Wildman–Crippen MR) is 122 cm³/mol. The summed E-state index contributed by atoms with van der Waals surface area (Å²) in [5.41, 5.74) is 1.50. The van der Waals surface area contributed by atoms with Crippen LogP contribution in [0.25, 0.3) is 0 Å². The van der Waals surface area contributed by atoms with Crippen LogP contribution in [0.15, 0.2) is 42.5 Å². The molecule has 30 heavy (non-hydrogen) atoms. The molecule has 0 aromatic heterocycles. The third-order valence-electron chi connectivity index (χ3n) is 5.23. The van der Waals surface area contributed by atoms with Gasteiger partial charge in [-0.15, -0.1) is 0 Å². The largest absolute Gasteiger partial charge is 0.356 e. The molecule has 9 heteroatoms. The molecular formula is C21H23Cl3N2O3S. The lowest BCUT2D eigenvalue weighted by molar-refractivity contribution is -0.126. The number of benzene rings is 2. The number of nitrogens with zero attached hydrogens (tertiary/aromatic N) is 1. The van der Waals surface area contributed by atoms with Gasteiger partial charge in [0.1, 0.15) is 0 Å². The molecule has 3 rings (SSSR count). The smallest absolute Gasteiger partial charge is 0.223 e. The molecule has 1 N–H and O–H groups in total. The number of sulfonamides is 1. The van der Waals surface area contributed by atoms with Gasteiger partial charge in [0.2, 0.25) is 15.9 Å². The number of halogens is 3. The molecule has 1 saturated heterocycles. The van der Waals surface area contributed by atoms with E-state index in [1.807, 2.05) is 24.3 Å². The lowest BCUT2D eigenvalue weighted by Crippen LogP contribution is -2.43. The van der Waals surface area contributed by atoms with Crippen LogP contribution in [0.3, 0.4) is 0 Å². The van der Waals surface area contributed by atoms with E-state index in [0.29, 0.717) is 59.5 Å². The van der Waals surface area contributed by atoms with Gasteiger partial charge in [0.15, 0.2) is 0 Å². The van der Waals surface area contributed by atoms with E-state index in [-0.39, 0.29) is 17.6 Å². The van der Waals surface area contributed by atoms with Crippen molar-refractivity contribution >= 4 is 50.7 Å². The third kappa shape index (κ3) is 6.11. The Morgan fingerprint density at radius 2 is 1.60 bits per heavy atom. The number of rotatable bonds is 7. The van der Waals surface area contributed by atoms with E-state index in [9.17, 15) is 13.2 Å². The molecule has 0 bridgehead atoms. The highest BCUT2D eigenvalue weighted by Crippen LogP contribution is 2.29. The van der Waals surface area contributed by atoms with Crippen LogP contribution >= 0.6 is 34.8 Å². The van der Waals surface area contributed by atoms with Gasteiger partial charge in [0, 0.05) is 46.2 Å². The summed E-state index contributed by atoms with van der Waals surface area (Å²) in [4.78, 5) is 12.4. The number of carbonyl (C=O) groups is 1. The fraction of sp³-hybridized carbons (Fsp3) is 0.381. The Balaban J connectivity index is 1.48. The third-order valence-corrected chi connectivity index (χ3v) is 8.00. The first kappa shape index (κ1) is 23.4. The predicted octanol–water partition coefficient (Wildman–Crippen LogP) is 4.55. The van der Waals surface area contributed by atoms with Crippen molar-refractivity contribution in [1.29, 1.82) is 0 Å². The molecule has 162 valence electrons. The molecule has 0 unspecified atom stereocenters. The van der Waals surface area contributed by atoms with E-state index in [0.717, 1.165) is 5.56 Å². The molecule has 1 amide bonds. The van der Waals surface area contributed by atoms with Crippen molar-refractivity contribution in [2.45, 2.75) is 25.0 Å². The number of carbonyl (C=O) groups excluding carboxylic acids is 1. The van der Waals surface area contributed by atoms with Crippen molar-refractivity contribution in [2.24, 2.45) is 5.92 Å². The number of amides is 1. The van der Waals surface area contributed by atoms with Crippen molar-refractivity contribution in [3.63, 3.8) is 0 Å². The Labute approximate surface area is 192 Å². The number of piperidine rings is 1. The zero-order chi connectivity index (χ0) is 21.7. The highest BCUT2D eigenvalue weighted by Gasteiger charge is 2.31. The van der Waals surface area contributed by atoms with Gasteiger partial charge in [-0.2, -0.15) is 0 Å². The van der Waals surface area contributed by atoms with E-state index in [4.69, 9.17) is 34.8 Å². The number of hydrogen-bond acceptors (Lipinski definition) is 3. The maximum absolute atomic E-state index is 12.8. The van der Waals surface area contributed by atoms with Gasteiger partial charge in [0.05, 0.1) is 5.75 Å². The van der Waals surface area contributed by atoms with Crippen molar-refractivity contribution in [2.75, 3.05) is 19.6 Å². The Kier molecular flexibility index (Phi) is 8.04. The van der Waals surface area contributed by atoms with Crippen LogP contribution in [-0.2, 0) is 27.0 Å². The van der Waals surface area contributed by atoms with Crippen LogP contribution < -0.4 is 5.32 Å². The number of nitrogens with one attached hydrogen (secondary N) is 1. The second-order valence-electron chi connectivity index (χ2n) is 7.30. The molecule has 0 atom stereocenters. The van der Waals surface area contributed by atoms with E-state index >= 15 is 0 Å². The zero-order valence-electron chi connectivity index (χ0n) is 16.3. The average molecular weight is 490 g/mol. The van der Waals surface area contributed by atoms with Gasteiger partial charge in [-0.25, -0.2) is 12.7 Å². The summed E-state index contributed by atoms with van der Waals surface area (Å²) in [6, 6.07) is 12.4. The van der Waals surface area contributed by atoms with Gasteiger partial charge < -0.3 is 5.32 Å². The molecule has 1 aliphatic heterocycles. The van der Waals surface area contributed by atoms with Crippen LogP contribution in [0.5, 0.6) is 0 Å². The monoisotopic (exact) mass is 488 g/mol. The van der Waals surface area contributed by atoms with Gasteiger partial charge >= 0.3 is 0 Å². The summed E-state index contributed by atoms with van der Waals surface area (Å²) in [5.74, 6) is -0.468. The minimum absolute atomic E-state index is 0.0323. The standard InChI is InChI=1S/C21H23Cl3N2O3S/c22-17-6-4-15(5-7-17)8-11-25-21(27)16-9-12-26(13-10-16)30(28,29)14-18-19(23)2-1-3-20(18)24/h1-7,16H,8-14H2,(H,25,27). The fourth-order valence-electron chi connectivity index (χ4n) is 3.47. The topological polar surface area (TPSA) is 66.5 Å². The van der Waals surface area contributed by atoms with Crippen molar-refractivity contribution in [3.05, 3.63) is 68.7 Å². The van der Waals surface area contributed by atoms with Crippen molar-refractivity contribution in [3.8, 4) is 0 Å². The van der Waals surface area contributed by atoms with Crippen LogP contribution in [0.4, 0.5) is 0 Å². The highest BCUT2D eigenvalue weighted by atomic mass is 35.5. The minimum Gasteiger partial charge on any atom is -0.356 e. The first-order valence-electron chi connectivity index (χ1n) is 9.69. The van der Waals surface area contributed by atoms with Crippen LogP contribution in [0.1, 0.15) is 24.0 Å². The zero-order valence-corrected chi connectivity index (χ0v) is 19.4. The van der Waals surface area contributed by atoms with Gasteiger partial charge in [-0.1, -0.05) is 53.0 Å². The molecule has 1 heterocycles. The van der Waals surface area contributed by atoms with E-state index in [1.165, 1.54) is 4.31 Å². The summed E-state index contributed by atoms with van der Waals surface area (Å²) < 4.78 is 27.0. The Morgan fingerprint density at radius 1 is 1.00 bits per heavy atom. The maximum atomic E-state index is 12.8. The normalized spacial score (nSPS) is 15.8. The van der Waals surface area contributed by atoms with Gasteiger partial charge in [-0.05, 0) is 49.1 Å². The van der Waals surface area contributed by atoms with Crippen molar-refractivity contribution < 1.29 is 13.2 Å². The highest BCUT2D eigenvalue weighted by molar-refractivity contribution is 7.88. The maximum Gasteiger partial charge on any atom is 0.223 e. The average Bonchev–Trinajstić information content (AvgIpc) is 2.72. The molecule has 1 fully saturated rings. The molecule has 5 nitrogen and oxygen atoms in total. The SMILES string of the molecule is O=C(NCCc1ccc(Cl)cc1)C1CCN(S(=O)(=O)Cc2c(Cl)cccc2Cl)CC1. The molecule has 2 aromatic carbocycles. The van der Waals surface area contributed by atoms with Crippen LogP contribution in [0.2, 0.25) is 15.1 Å². The van der Waals surface area contributed by atoms with Crippen LogP contribution in [0, 0.1) is 5.92 Å². The molecule has 0 radical (unpaired) electrons. The molecule has 0 aliphatic carbocycles. The summed E-state index contributed by atoms with van der Waals surface area (Å²) in [5, 5.41) is 4.30. The van der Waals surface area contributed by atoms with Crippen LogP contribution in [-0.4, -0.2) is 38.3 Å². The first-order valence-corrected chi connectivity index (χ1v) is 12.4. The Bertz CT molecular complexity index is 969. The minimum atomic E-state index is -3.57. The first-order chi connectivity index (χ1) is 14.3. The number of hydrogen-bond donors (Lipinski definition) is 1. The molecule has 2 aromatic rings. The summed E-state index contributed by atoms with van der Waals surface area (Å²) in [7, 11) is -3.57. The summed E-state index contributed by atoms with van der Waals surface area (Å²) >= 11 is 18.1. The molecule has 0 spiro atoms. The van der Waals surface area contributed by atoms with E-state index < -0.39 is 10.0 Å². The van der Waals surface area contributed by atoms with Gasteiger partial charge in [-0.3, -0.25) is 4.79 Å². The summed E-state index contributed by atoms with van der Waals surface area (Å²) in [6.45, 7) is 1.14. The Hall–Kier alpha value is -1.31. The second-order valence-corrected chi connectivity index (χ2v) is 10.5. The second kappa shape index (κ2) is 10.3. The Morgan fingerprint density at radius 3 is 2.20 bits per heavy atom. The van der Waals surface area contributed by atoms with Crippen molar-refractivity contribution in [1.82, 2.24) is 9.62 Å². The lowest BCUT2D eigenvalue weighted by Gasteiger charge is -2.30. The van der Waals surface area contributed by atoms with E-state index in [2.05, 4.69) is 5.32 Å².